The van der Waals surface area contributed by atoms with Crippen LogP contribution in [0, 0.1) is 11.6 Å². The zero-order valence-electron chi connectivity index (χ0n) is 14.7. The second-order valence-electron chi connectivity index (χ2n) is 6.44. The molecule has 132 valence electrons. The summed E-state index contributed by atoms with van der Waals surface area (Å²) in [6, 6.07) is 19.2. The van der Waals surface area contributed by atoms with Crippen LogP contribution in [0.15, 0.2) is 73.3 Å². The molecular weight excluding hydrogens is 328 g/mol. The molecule has 3 rings (SSSR count). The third kappa shape index (κ3) is 4.64. The second kappa shape index (κ2) is 8.07. The number of allylic oxidation sites excluding steroid dienone is 1. The van der Waals surface area contributed by atoms with E-state index < -0.39 is 0 Å². The van der Waals surface area contributed by atoms with E-state index in [9.17, 15) is 8.78 Å². The molecule has 26 heavy (non-hydrogen) atoms. The SMILES string of the molecule is C=C(C)c1cc(CNCc2ccc(F)cc2)cc(-c2ccc(F)cc2)c1. The summed E-state index contributed by atoms with van der Waals surface area (Å²) < 4.78 is 26.2. The summed E-state index contributed by atoms with van der Waals surface area (Å²) >= 11 is 0. The zero-order chi connectivity index (χ0) is 18.5. The summed E-state index contributed by atoms with van der Waals surface area (Å²) in [4.78, 5) is 0. The van der Waals surface area contributed by atoms with Gasteiger partial charge in [-0.2, -0.15) is 0 Å². The van der Waals surface area contributed by atoms with Crippen LogP contribution in [-0.2, 0) is 13.1 Å². The first-order valence-electron chi connectivity index (χ1n) is 8.52. The lowest BCUT2D eigenvalue weighted by atomic mass is 9.97. The van der Waals surface area contributed by atoms with Gasteiger partial charge in [0.05, 0.1) is 0 Å². The third-order valence-corrected chi connectivity index (χ3v) is 4.23. The molecule has 0 aromatic heterocycles. The molecule has 3 aromatic rings. The van der Waals surface area contributed by atoms with Crippen LogP contribution in [0.3, 0.4) is 0 Å². The third-order valence-electron chi connectivity index (χ3n) is 4.23. The molecule has 0 atom stereocenters. The van der Waals surface area contributed by atoms with Gasteiger partial charge in [-0.15, -0.1) is 0 Å². The van der Waals surface area contributed by atoms with Crippen LogP contribution in [0.5, 0.6) is 0 Å². The number of nitrogens with one attached hydrogen (secondary N) is 1. The number of benzene rings is 3. The topological polar surface area (TPSA) is 12.0 Å². The number of hydrogen-bond donors (Lipinski definition) is 1. The van der Waals surface area contributed by atoms with Gasteiger partial charge in [0.25, 0.3) is 0 Å². The number of hydrogen-bond acceptors (Lipinski definition) is 1. The number of halogens is 2. The second-order valence-corrected chi connectivity index (χ2v) is 6.44. The first-order chi connectivity index (χ1) is 12.5. The van der Waals surface area contributed by atoms with E-state index in [0.29, 0.717) is 13.1 Å². The molecule has 0 saturated carbocycles. The van der Waals surface area contributed by atoms with Crippen molar-refractivity contribution in [3.63, 3.8) is 0 Å². The Morgan fingerprint density at radius 3 is 1.96 bits per heavy atom. The van der Waals surface area contributed by atoms with Gasteiger partial charge in [0.2, 0.25) is 0 Å². The molecule has 0 aliphatic rings. The van der Waals surface area contributed by atoms with E-state index in [0.717, 1.165) is 33.4 Å². The molecule has 0 heterocycles. The minimum atomic E-state index is -0.244. The van der Waals surface area contributed by atoms with E-state index >= 15 is 0 Å². The van der Waals surface area contributed by atoms with Gasteiger partial charge in [-0.25, -0.2) is 8.78 Å². The van der Waals surface area contributed by atoms with Crippen molar-refractivity contribution in [3.8, 4) is 11.1 Å². The van der Waals surface area contributed by atoms with Gasteiger partial charge in [0, 0.05) is 13.1 Å². The Kier molecular flexibility index (Phi) is 5.59. The van der Waals surface area contributed by atoms with E-state index in [2.05, 4.69) is 30.1 Å². The van der Waals surface area contributed by atoms with Crippen LogP contribution in [-0.4, -0.2) is 0 Å². The van der Waals surface area contributed by atoms with Gasteiger partial charge in [-0.1, -0.05) is 42.5 Å². The van der Waals surface area contributed by atoms with E-state index in [1.54, 1.807) is 24.3 Å². The highest BCUT2D eigenvalue weighted by atomic mass is 19.1. The zero-order valence-corrected chi connectivity index (χ0v) is 14.7. The van der Waals surface area contributed by atoms with Crippen molar-refractivity contribution >= 4 is 5.57 Å². The highest BCUT2D eigenvalue weighted by molar-refractivity contribution is 5.72. The molecule has 3 heteroatoms. The first kappa shape index (κ1) is 18.0. The largest absolute Gasteiger partial charge is 0.309 e. The van der Waals surface area contributed by atoms with Crippen molar-refractivity contribution in [1.29, 1.82) is 0 Å². The van der Waals surface area contributed by atoms with Crippen LogP contribution in [0.25, 0.3) is 16.7 Å². The number of rotatable bonds is 6. The van der Waals surface area contributed by atoms with E-state index in [1.165, 1.54) is 24.3 Å². The molecule has 0 aliphatic carbocycles. The highest BCUT2D eigenvalue weighted by Crippen LogP contribution is 2.25. The highest BCUT2D eigenvalue weighted by Gasteiger charge is 2.05. The molecule has 0 fully saturated rings. The lowest BCUT2D eigenvalue weighted by molar-refractivity contribution is 0.625. The summed E-state index contributed by atoms with van der Waals surface area (Å²) in [5.41, 5.74) is 6.19. The Morgan fingerprint density at radius 1 is 0.769 bits per heavy atom. The Hall–Kier alpha value is -2.78. The van der Waals surface area contributed by atoms with Crippen LogP contribution < -0.4 is 5.32 Å². The minimum Gasteiger partial charge on any atom is -0.309 e. The summed E-state index contributed by atoms with van der Waals surface area (Å²) in [5.74, 6) is -0.474. The Balaban J connectivity index is 1.78. The Labute approximate surface area is 153 Å². The molecule has 0 unspecified atom stereocenters. The molecule has 1 N–H and O–H groups in total. The van der Waals surface area contributed by atoms with Crippen molar-refractivity contribution in [1.82, 2.24) is 5.32 Å². The molecule has 0 saturated heterocycles. The molecule has 0 aliphatic heterocycles. The monoisotopic (exact) mass is 349 g/mol. The average molecular weight is 349 g/mol. The van der Waals surface area contributed by atoms with Crippen LogP contribution in [0.4, 0.5) is 8.78 Å². The van der Waals surface area contributed by atoms with Crippen molar-refractivity contribution in [3.05, 3.63) is 102 Å². The summed E-state index contributed by atoms with van der Waals surface area (Å²) in [6.45, 7) is 7.34. The summed E-state index contributed by atoms with van der Waals surface area (Å²) in [6.07, 6.45) is 0. The first-order valence-corrected chi connectivity index (χ1v) is 8.52. The van der Waals surface area contributed by atoms with Crippen LogP contribution in [0.1, 0.15) is 23.6 Å². The van der Waals surface area contributed by atoms with Gasteiger partial charge in [0.15, 0.2) is 0 Å². The van der Waals surface area contributed by atoms with Crippen molar-refractivity contribution < 1.29 is 8.78 Å². The van der Waals surface area contributed by atoms with E-state index in [4.69, 9.17) is 0 Å². The van der Waals surface area contributed by atoms with E-state index in [1.807, 2.05) is 6.92 Å². The molecule has 3 aromatic carbocycles. The summed E-state index contributed by atoms with van der Waals surface area (Å²) in [5, 5.41) is 3.38. The van der Waals surface area contributed by atoms with Crippen molar-refractivity contribution in [2.75, 3.05) is 0 Å². The smallest absolute Gasteiger partial charge is 0.123 e. The van der Waals surface area contributed by atoms with Gasteiger partial charge in [0.1, 0.15) is 11.6 Å². The molecule has 1 nitrogen and oxygen atoms in total. The normalized spacial score (nSPS) is 10.7. The fourth-order valence-corrected chi connectivity index (χ4v) is 2.80. The van der Waals surface area contributed by atoms with Gasteiger partial charge in [-0.05, 0) is 71.1 Å². The lowest BCUT2D eigenvalue weighted by Gasteiger charge is -2.11. The fraction of sp³-hybridized carbons (Fsp3) is 0.130. The van der Waals surface area contributed by atoms with Crippen LogP contribution in [0.2, 0.25) is 0 Å². The van der Waals surface area contributed by atoms with Crippen molar-refractivity contribution in [2.45, 2.75) is 20.0 Å². The summed E-state index contributed by atoms with van der Waals surface area (Å²) in [7, 11) is 0. The maximum absolute atomic E-state index is 13.2. The van der Waals surface area contributed by atoms with Crippen molar-refractivity contribution in [2.24, 2.45) is 0 Å². The maximum Gasteiger partial charge on any atom is 0.123 e. The molecule has 0 spiro atoms. The molecule has 0 radical (unpaired) electrons. The quantitative estimate of drug-likeness (QED) is 0.579. The van der Waals surface area contributed by atoms with Gasteiger partial charge < -0.3 is 5.32 Å². The standard InChI is InChI=1S/C23H21F2N/c1-16(2)20-11-18(15-26-14-17-3-7-22(24)8-4-17)12-21(13-20)19-5-9-23(25)10-6-19/h3-13,26H,1,14-15H2,2H3. The minimum absolute atomic E-state index is 0.230. The predicted molar refractivity (Wildman–Crippen MR) is 103 cm³/mol. The van der Waals surface area contributed by atoms with Gasteiger partial charge in [-0.3, -0.25) is 0 Å². The van der Waals surface area contributed by atoms with E-state index in [-0.39, 0.29) is 11.6 Å². The Morgan fingerprint density at radius 2 is 1.35 bits per heavy atom. The molecule has 0 amide bonds. The molecule has 0 bridgehead atoms. The molecular formula is C23H21F2N. The van der Waals surface area contributed by atoms with Crippen LogP contribution >= 0.6 is 0 Å². The van der Waals surface area contributed by atoms with Gasteiger partial charge >= 0.3 is 0 Å². The fourth-order valence-electron chi connectivity index (χ4n) is 2.80. The average Bonchev–Trinajstić information content (AvgIpc) is 2.64. The predicted octanol–water partition coefficient (Wildman–Crippen LogP) is 5.95. The maximum atomic E-state index is 13.2. The Bertz CT molecular complexity index is 896. The lowest BCUT2D eigenvalue weighted by Crippen LogP contribution is -2.13.